The third kappa shape index (κ3) is 44.3. The molecule has 0 aliphatic rings. The Morgan fingerprint density at radius 2 is 0.578 bits per heavy atom. The van der Waals surface area contributed by atoms with Crippen molar-refractivity contribution in [2.24, 2.45) is 0 Å². The smallest absolute Gasteiger partial charge is 0.778 e. The van der Waals surface area contributed by atoms with Gasteiger partial charge in [-0.3, -0.25) is 9.59 Å². The molecule has 0 spiro atoms. The molecule has 0 radical (unpaired) electrons. The molecule has 45 heavy (non-hydrogen) atoms. The van der Waals surface area contributed by atoms with Gasteiger partial charge in [0.25, 0.3) is 11.9 Å². The van der Waals surface area contributed by atoms with E-state index in [-0.39, 0.29) is 31.4 Å². The van der Waals surface area contributed by atoms with E-state index < -0.39 is 10.5 Å². The summed E-state index contributed by atoms with van der Waals surface area (Å²) in [4.78, 5) is 22.3. The molecule has 0 N–H and O–H groups in total. The molecular formula is C38H74O4S2Zn. The van der Waals surface area contributed by atoms with Crippen molar-refractivity contribution in [1.82, 2.24) is 0 Å². The van der Waals surface area contributed by atoms with Crippen LogP contribution >= 0.6 is 0 Å². The van der Waals surface area contributed by atoms with E-state index >= 15 is 0 Å². The summed E-state index contributed by atoms with van der Waals surface area (Å²) in [6.07, 6.45) is 37.5. The summed E-state index contributed by atoms with van der Waals surface area (Å²) >= 11 is 9.66. The fraction of sp³-hybridized carbons (Fsp3) is 0.947. The van der Waals surface area contributed by atoms with E-state index in [1.165, 1.54) is 154 Å². The van der Waals surface area contributed by atoms with Crippen molar-refractivity contribution in [3.8, 4) is 0 Å². The number of carbonyl (C=O) groups is 2. The van der Waals surface area contributed by atoms with Gasteiger partial charge in [-0.1, -0.05) is 205 Å². The standard InChI is InChI=1S/2C19H38O2S.Zn/c2*1-3-4-5-6-7-8-9-10-11-12-13-14-15-16-17-21-19(20)18(2)22;/h2*18,22H,3-17H2,1-2H3;/q;;+2/p-2. The summed E-state index contributed by atoms with van der Waals surface area (Å²) in [7, 11) is 0. The zero-order chi connectivity index (χ0) is 32.9. The Balaban J connectivity index is -0.000000767. The van der Waals surface area contributed by atoms with Crippen LogP contribution in [0.25, 0.3) is 0 Å². The molecule has 0 saturated heterocycles. The molecule has 264 valence electrons. The molecule has 0 bridgehead atoms. The summed E-state index contributed by atoms with van der Waals surface area (Å²) in [5, 5.41) is -0.821. The van der Waals surface area contributed by atoms with Crippen LogP contribution in [0.5, 0.6) is 0 Å². The number of hydrogen-bond acceptors (Lipinski definition) is 6. The quantitative estimate of drug-likeness (QED) is 0.0298. The Morgan fingerprint density at radius 1 is 0.400 bits per heavy atom. The molecule has 0 aliphatic heterocycles. The van der Waals surface area contributed by atoms with Crippen LogP contribution < -0.4 is 0 Å². The third-order valence-electron chi connectivity index (χ3n) is 8.15. The van der Waals surface area contributed by atoms with Gasteiger partial charge in [0.2, 0.25) is 0 Å². The van der Waals surface area contributed by atoms with Gasteiger partial charge >= 0.3 is 19.5 Å². The van der Waals surface area contributed by atoms with Crippen LogP contribution in [0, 0.1) is 0 Å². The first-order valence-electron chi connectivity index (χ1n) is 19.0. The van der Waals surface area contributed by atoms with Crippen LogP contribution in [0.3, 0.4) is 0 Å². The summed E-state index contributed by atoms with van der Waals surface area (Å²) in [5.41, 5.74) is 0. The molecule has 0 heterocycles. The second-order valence-electron chi connectivity index (χ2n) is 12.8. The molecule has 0 aliphatic carbocycles. The normalized spacial score (nSPS) is 12.0. The van der Waals surface area contributed by atoms with E-state index in [1.54, 1.807) is 13.8 Å². The second kappa shape index (κ2) is 42.3. The molecule has 0 amide bonds. The molecule has 7 heteroatoms. The van der Waals surface area contributed by atoms with E-state index in [9.17, 15) is 9.59 Å². The first-order chi connectivity index (χ1) is 21.4. The molecule has 0 aromatic heterocycles. The summed E-state index contributed by atoms with van der Waals surface area (Å²) in [6, 6.07) is 0. The fourth-order valence-corrected chi connectivity index (χ4v) is 5.31. The van der Waals surface area contributed by atoms with Gasteiger partial charge in [0.05, 0.1) is 13.2 Å². The first kappa shape index (κ1) is 49.6. The number of unbranched alkanes of at least 4 members (excludes halogenated alkanes) is 26. The van der Waals surface area contributed by atoms with E-state index in [4.69, 9.17) is 34.7 Å². The summed E-state index contributed by atoms with van der Waals surface area (Å²) in [6.45, 7) is 9.02. The number of rotatable bonds is 32. The van der Waals surface area contributed by atoms with Crippen LogP contribution in [-0.2, 0) is 63.8 Å². The van der Waals surface area contributed by atoms with Crippen LogP contribution in [-0.4, -0.2) is 35.7 Å². The summed E-state index contributed by atoms with van der Waals surface area (Å²) < 4.78 is 10.1. The van der Waals surface area contributed by atoms with Crippen LogP contribution in [0.15, 0.2) is 0 Å². The predicted octanol–water partition coefficient (Wildman–Crippen LogP) is 11.9. The minimum absolute atomic E-state index is 0. The number of esters is 2. The van der Waals surface area contributed by atoms with Crippen LogP contribution in [0.4, 0.5) is 0 Å². The molecule has 0 saturated carbocycles. The van der Waals surface area contributed by atoms with Gasteiger partial charge in [0, 0.05) is 0 Å². The minimum Gasteiger partial charge on any atom is -0.778 e. The van der Waals surface area contributed by atoms with Crippen molar-refractivity contribution in [3.63, 3.8) is 0 Å². The van der Waals surface area contributed by atoms with Crippen LogP contribution in [0.1, 0.15) is 207 Å². The van der Waals surface area contributed by atoms with Crippen molar-refractivity contribution in [3.05, 3.63) is 0 Å². The molecule has 0 fully saturated rings. The number of carbonyl (C=O) groups excluding carboxylic acids is 2. The maximum Gasteiger partial charge on any atom is 2.00 e. The molecule has 2 unspecified atom stereocenters. The molecule has 2 atom stereocenters. The van der Waals surface area contributed by atoms with Crippen molar-refractivity contribution < 1.29 is 38.5 Å². The van der Waals surface area contributed by atoms with E-state index in [0.717, 1.165) is 25.7 Å². The molecule has 0 rings (SSSR count). The first-order valence-corrected chi connectivity index (χ1v) is 20.0. The molecule has 4 nitrogen and oxygen atoms in total. The van der Waals surface area contributed by atoms with Gasteiger partial charge in [0.1, 0.15) is 0 Å². The second-order valence-corrected chi connectivity index (χ2v) is 14.2. The average molecular weight is 725 g/mol. The average Bonchev–Trinajstić information content (AvgIpc) is 3.01. The van der Waals surface area contributed by atoms with Gasteiger partial charge in [-0.2, -0.15) is 0 Å². The van der Waals surface area contributed by atoms with Crippen molar-refractivity contribution >= 4 is 37.2 Å². The fourth-order valence-electron chi connectivity index (χ4n) is 5.17. The monoisotopic (exact) mass is 722 g/mol. The summed E-state index contributed by atoms with van der Waals surface area (Å²) in [5.74, 6) is -0.491. The molecule has 0 aromatic carbocycles. The maximum atomic E-state index is 11.2. The van der Waals surface area contributed by atoms with Gasteiger partial charge < -0.3 is 34.7 Å². The SMILES string of the molecule is CCCCCCCCCCCCCCCCOC(=O)C(C)[S-].CCCCCCCCCCCCCCCCOC(=O)C(C)[S-].[Zn+2]. The predicted molar refractivity (Wildman–Crippen MR) is 196 cm³/mol. The van der Waals surface area contributed by atoms with E-state index in [0.29, 0.717) is 13.2 Å². The largest absolute Gasteiger partial charge is 2.00 e. The van der Waals surface area contributed by atoms with Crippen molar-refractivity contribution in [1.29, 1.82) is 0 Å². The van der Waals surface area contributed by atoms with Gasteiger partial charge in [-0.15, -0.1) is 0 Å². The Bertz CT molecular complexity index is 540. The third-order valence-corrected chi connectivity index (χ3v) is 8.53. The Morgan fingerprint density at radius 3 is 0.756 bits per heavy atom. The number of hydrogen-bond donors (Lipinski definition) is 0. The van der Waals surface area contributed by atoms with Gasteiger partial charge in [0.15, 0.2) is 0 Å². The van der Waals surface area contributed by atoms with Gasteiger partial charge in [-0.25, -0.2) is 0 Å². The minimum atomic E-state index is -0.411. The maximum absolute atomic E-state index is 11.2. The zero-order valence-electron chi connectivity index (χ0n) is 30.5. The van der Waals surface area contributed by atoms with Crippen LogP contribution in [0.2, 0.25) is 0 Å². The zero-order valence-corrected chi connectivity index (χ0v) is 35.1. The molecular weight excluding hydrogens is 650 g/mol. The number of ether oxygens (including phenoxy) is 2. The van der Waals surface area contributed by atoms with E-state index in [1.807, 2.05) is 0 Å². The van der Waals surface area contributed by atoms with Gasteiger partial charge in [-0.05, 0) is 12.8 Å². The Labute approximate surface area is 305 Å². The van der Waals surface area contributed by atoms with Crippen molar-refractivity contribution in [2.75, 3.05) is 13.2 Å². The molecule has 0 aromatic rings. The Hall–Kier alpha value is 0.263. The topological polar surface area (TPSA) is 52.6 Å². The van der Waals surface area contributed by atoms with Crippen molar-refractivity contribution in [2.45, 2.75) is 218 Å². The Kier molecular flexibility index (Phi) is 46.7. The van der Waals surface area contributed by atoms with E-state index in [2.05, 4.69) is 13.8 Å².